The van der Waals surface area contributed by atoms with E-state index < -0.39 is 26.2 Å². The van der Waals surface area contributed by atoms with Crippen molar-refractivity contribution in [1.82, 2.24) is 0 Å². The second-order valence-electron chi connectivity index (χ2n) is 9.03. The molecule has 3 rings (SSSR count). The lowest BCUT2D eigenvalue weighted by Crippen LogP contribution is -2.27. The molecule has 1 heterocycles. The Morgan fingerprint density at radius 1 is 1.13 bits per heavy atom. The second-order valence-corrected chi connectivity index (χ2v) is 12.0. The molecule has 0 amide bonds. The van der Waals surface area contributed by atoms with Gasteiger partial charge in [0.1, 0.15) is 11.4 Å². The summed E-state index contributed by atoms with van der Waals surface area (Å²) >= 11 is 6.10. The Morgan fingerprint density at radius 2 is 1.84 bits per heavy atom. The van der Waals surface area contributed by atoms with E-state index in [2.05, 4.69) is 11.8 Å². The van der Waals surface area contributed by atoms with Crippen LogP contribution >= 0.6 is 11.6 Å². The van der Waals surface area contributed by atoms with Gasteiger partial charge in [-0.05, 0) is 76.9 Å². The molecule has 2 aromatic carbocycles. The van der Waals surface area contributed by atoms with Gasteiger partial charge in [-0.1, -0.05) is 29.5 Å². The number of esters is 1. The minimum atomic E-state index is -3.40. The van der Waals surface area contributed by atoms with Crippen LogP contribution < -0.4 is 4.74 Å². The summed E-state index contributed by atoms with van der Waals surface area (Å²) < 4.78 is 35.5. The van der Waals surface area contributed by atoms with Crippen LogP contribution in [0.2, 0.25) is 5.02 Å². The minimum absolute atomic E-state index is 0.264. The van der Waals surface area contributed by atoms with Crippen molar-refractivity contribution >= 4 is 27.4 Å². The quantitative estimate of drug-likeness (QED) is 0.495. The number of sulfone groups is 1. The molecule has 1 aliphatic heterocycles. The lowest BCUT2D eigenvalue weighted by Gasteiger charge is -2.19. The Morgan fingerprint density at radius 3 is 2.52 bits per heavy atom. The van der Waals surface area contributed by atoms with Gasteiger partial charge in [0.15, 0.2) is 16.4 Å². The van der Waals surface area contributed by atoms with Crippen LogP contribution in [0.1, 0.15) is 51.3 Å². The van der Waals surface area contributed by atoms with Gasteiger partial charge in [0.25, 0.3) is 0 Å². The van der Waals surface area contributed by atoms with Crippen LogP contribution in [0, 0.1) is 11.8 Å². The van der Waals surface area contributed by atoms with Crippen molar-refractivity contribution in [3.05, 3.63) is 58.1 Å². The molecule has 0 fully saturated rings. The molecule has 0 aromatic heterocycles. The number of rotatable bonds is 3. The van der Waals surface area contributed by atoms with E-state index in [0.29, 0.717) is 33.2 Å². The monoisotopic (exact) mass is 460 g/mol. The SMILES string of the molecule is CC(C)(C)OC(=O)COc1ccc(Cl)cc1C#Cc1ccc2c(c1)S(=O)(=O)C(C)(C)C2. The lowest BCUT2D eigenvalue weighted by molar-refractivity contribution is -0.157. The molecular weight excluding hydrogens is 436 g/mol. The van der Waals surface area contributed by atoms with E-state index in [-0.39, 0.29) is 6.61 Å². The summed E-state index contributed by atoms with van der Waals surface area (Å²) in [5, 5.41) is 0.465. The van der Waals surface area contributed by atoms with Gasteiger partial charge in [0, 0.05) is 10.6 Å². The molecule has 164 valence electrons. The largest absolute Gasteiger partial charge is 0.481 e. The molecule has 1 aliphatic rings. The average Bonchev–Trinajstić information content (AvgIpc) is 2.82. The number of ether oxygens (including phenoxy) is 2. The van der Waals surface area contributed by atoms with E-state index in [4.69, 9.17) is 21.1 Å². The molecular formula is C24H25ClO5S. The molecule has 0 spiro atoms. The van der Waals surface area contributed by atoms with Gasteiger partial charge in [-0.3, -0.25) is 0 Å². The highest BCUT2D eigenvalue weighted by molar-refractivity contribution is 7.93. The van der Waals surface area contributed by atoms with Gasteiger partial charge in [-0.25, -0.2) is 13.2 Å². The van der Waals surface area contributed by atoms with Gasteiger partial charge in [-0.15, -0.1) is 0 Å². The van der Waals surface area contributed by atoms with E-state index in [9.17, 15) is 13.2 Å². The highest BCUT2D eigenvalue weighted by Crippen LogP contribution is 2.39. The average molecular weight is 461 g/mol. The molecule has 7 heteroatoms. The Bertz CT molecular complexity index is 1190. The van der Waals surface area contributed by atoms with Gasteiger partial charge in [0.2, 0.25) is 0 Å². The summed E-state index contributed by atoms with van der Waals surface area (Å²) in [5.74, 6) is 5.85. The number of carbonyl (C=O) groups excluding carboxylic acids is 1. The zero-order valence-corrected chi connectivity index (χ0v) is 19.8. The fourth-order valence-corrected chi connectivity index (χ4v) is 5.13. The van der Waals surface area contributed by atoms with Crippen molar-refractivity contribution in [2.45, 2.75) is 56.3 Å². The standard InChI is InChI=1S/C24H25ClO5S/c1-23(2,3)30-22(26)15-29-20-11-10-19(25)13-17(20)8-6-16-7-9-18-14-24(4,5)31(27,28)21(18)12-16/h7,9-13H,14-15H2,1-5H3. The number of carbonyl (C=O) groups is 1. The topological polar surface area (TPSA) is 69.7 Å². The first-order chi connectivity index (χ1) is 14.3. The number of fused-ring (bicyclic) bond motifs is 1. The van der Waals surface area contributed by atoms with Crippen molar-refractivity contribution < 1.29 is 22.7 Å². The number of benzene rings is 2. The first-order valence-electron chi connectivity index (χ1n) is 9.82. The number of hydrogen-bond donors (Lipinski definition) is 0. The van der Waals surface area contributed by atoms with E-state index >= 15 is 0 Å². The summed E-state index contributed by atoms with van der Waals surface area (Å²) in [6.07, 6.45) is 0.481. The first kappa shape index (κ1) is 23.2. The predicted octanol–water partition coefficient (Wildman–Crippen LogP) is 4.57. The predicted molar refractivity (Wildman–Crippen MR) is 120 cm³/mol. The summed E-state index contributed by atoms with van der Waals surface area (Å²) in [6.45, 7) is 8.54. The van der Waals surface area contributed by atoms with E-state index in [0.717, 1.165) is 5.56 Å². The fourth-order valence-electron chi connectivity index (χ4n) is 3.25. The third kappa shape index (κ3) is 5.23. The smallest absolute Gasteiger partial charge is 0.344 e. The van der Waals surface area contributed by atoms with Crippen LogP contribution in [-0.2, 0) is 25.8 Å². The lowest BCUT2D eigenvalue weighted by atomic mass is 10.0. The molecule has 0 bridgehead atoms. The molecule has 0 unspecified atom stereocenters. The van der Waals surface area contributed by atoms with Crippen LogP contribution in [0.15, 0.2) is 41.3 Å². The molecule has 0 atom stereocenters. The van der Waals surface area contributed by atoms with Crippen LogP contribution in [-0.4, -0.2) is 31.3 Å². The Hall–Kier alpha value is -2.49. The van der Waals surface area contributed by atoms with Crippen molar-refractivity contribution in [2.75, 3.05) is 6.61 Å². The normalized spacial score (nSPS) is 16.1. The molecule has 5 nitrogen and oxygen atoms in total. The van der Waals surface area contributed by atoms with E-state index in [1.54, 1.807) is 65.0 Å². The summed E-state index contributed by atoms with van der Waals surface area (Å²) in [4.78, 5) is 12.3. The zero-order chi connectivity index (χ0) is 23.0. The molecule has 31 heavy (non-hydrogen) atoms. The molecule has 2 aromatic rings. The van der Waals surface area contributed by atoms with E-state index in [1.807, 2.05) is 6.07 Å². The maximum Gasteiger partial charge on any atom is 0.344 e. The summed E-state index contributed by atoms with van der Waals surface area (Å²) in [7, 11) is -3.40. The molecule has 0 saturated carbocycles. The van der Waals surface area contributed by atoms with Gasteiger partial charge < -0.3 is 9.47 Å². The van der Waals surface area contributed by atoms with Crippen molar-refractivity contribution in [2.24, 2.45) is 0 Å². The van der Waals surface area contributed by atoms with Gasteiger partial charge in [-0.2, -0.15) is 0 Å². The van der Waals surface area contributed by atoms with Crippen LogP contribution in [0.3, 0.4) is 0 Å². The highest BCUT2D eigenvalue weighted by Gasteiger charge is 2.43. The van der Waals surface area contributed by atoms with E-state index in [1.165, 1.54) is 0 Å². The maximum atomic E-state index is 12.7. The Balaban J connectivity index is 1.86. The highest BCUT2D eigenvalue weighted by atomic mass is 35.5. The minimum Gasteiger partial charge on any atom is -0.481 e. The summed E-state index contributed by atoms with van der Waals surface area (Å²) in [5.41, 5.74) is 1.25. The van der Waals surface area contributed by atoms with Crippen LogP contribution in [0.4, 0.5) is 0 Å². The third-order valence-corrected chi connectivity index (χ3v) is 7.54. The molecule has 0 aliphatic carbocycles. The number of halogens is 1. The van der Waals surface area contributed by atoms with Gasteiger partial charge >= 0.3 is 5.97 Å². The number of hydrogen-bond acceptors (Lipinski definition) is 5. The van der Waals surface area contributed by atoms with Crippen LogP contribution in [0.5, 0.6) is 5.75 Å². The first-order valence-corrected chi connectivity index (χ1v) is 11.7. The Labute approximate surface area is 188 Å². The van der Waals surface area contributed by atoms with Crippen molar-refractivity contribution in [3.8, 4) is 17.6 Å². The van der Waals surface area contributed by atoms with Gasteiger partial charge in [0.05, 0.1) is 15.2 Å². The Kier molecular flexibility index (Phi) is 6.14. The van der Waals surface area contributed by atoms with Crippen molar-refractivity contribution in [1.29, 1.82) is 0 Å². The van der Waals surface area contributed by atoms with Crippen molar-refractivity contribution in [3.63, 3.8) is 0 Å². The zero-order valence-electron chi connectivity index (χ0n) is 18.2. The maximum absolute atomic E-state index is 12.7. The second kappa shape index (κ2) is 8.22. The molecule has 0 N–H and O–H groups in total. The molecule has 0 saturated heterocycles. The molecule has 0 radical (unpaired) electrons. The fraction of sp³-hybridized carbons (Fsp3) is 0.375. The summed E-state index contributed by atoms with van der Waals surface area (Å²) in [6, 6.07) is 10.1. The van der Waals surface area contributed by atoms with Crippen LogP contribution in [0.25, 0.3) is 0 Å². The third-order valence-electron chi connectivity index (χ3n) is 4.75.